The van der Waals surface area contributed by atoms with Gasteiger partial charge in [-0.2, -0.15) is 4.98 Å². The van der Waals surface area contributed by atoms with E-state index in [9.17, 15) is 4.79 Å². The molecule has 2 rings (SSSR count). The maximum Gasteiger partial charge on any atom is 0.220 e. The molecule has 6 nitrogen and oxygen atoms in total. The first kappa shape index (κ1) is 9.14. The third-order valence-corrected chi connectivity index (χ3v) is 2.19. The van der Waals surface area contributed by atoms with Crippen LogP contribution in [0.15, 0.2) is 10.9 Å². The number of amides is 1. The van der Waals surface area contributed by atoms with E-state index < -0.39 is 0 Å². The minimum Gasteiger partial charge on any atom is -0.349 e. The van der Waals surface area contributed by atoms with Crippen molar-refractivity contribution in [3.05, 3.63) is 12.2 Å². The van der Waals surface area contributed by atoms with Crippen LogP contribution in [-0.4, -0.2) is 29.1 Å². The fraction of sp³-hybridized carbons (Fsp3) is 0.625. The lowest BCUT2D eigenvalue weighted by atomic mass is 9.99. The minimum atomic E-state index is 0.0429. The van der Waals surface area contributed by atoms with Gasteiger partial charge in [-0.25, -0.2) is 0 Å². The molecule has 0 radical (unpaired) electrons. The van der Waals surface area contributed by atoms with Crippen LogP contribution in [0.4, 0.5) is 0 Å². The molecule has 1 fully saturated rings. The molecule has 1 aliphatic heterocycles. The Kier molecular flexibility index (Phi) is 2.73. The van der Waals surface area contributed by atoms with Crippen LogP contribution in [0.1, 0.15) is 12.2 Å². The van der Waals surface area contributed by atoms with Crippen LogP contribution in [0.25, 0.3) is 0 Å². The van der Waals surface area contributed by atoms with Crippen molar-refractivity contribution in [2.45, 2.75) is 13.0 Å². The van der Waals surface area contributed by atoms with Crippen LogP contribution in [0.2, 0.25) is 0 Å². The van der Waals surface area contributed by atoms with Crippen molar-refractivity contribution in [3.63, 3.8) is 0 Å². The van der Waals surface area contributed by atoms with Crippen molar-refractivity contribution >= 4 is 5.91 Å². The lowest BCUT2D eigenvalue weighted by molar-refractivity contribution is -0.122. The van der Waals surface area contributed by atoms with Crippen LogP contribution < -0.4 is 10.6 Å². The molecule has 2 N–H and O–H groups in total. The van der Waals surface area contributed by atoms with Crippen molar-refractivity contribution in [1.29, 1.82) is 0 Å². The lowest BCUT2D eigenvalue weighted by Gasteiger charge is -2.26. The summed E-state index contributed by atoms with van der Waals surface area (Å²) >= 11 is 0. The van der Waals surface area contributed by atoms with Gasteiger partial charge in [0.1, 0.15) is 0 Å². The van der Waals surface area contributed by atoms with Gasteiger partial charge in [0.2, 0.25) is 12.3 Å². The highest BCUT2D eigenvalue weighted by molar-refractivity contribution is 5.76. The molecule has 0 aromatic carbocycles. The zero-order valence-corrected chi connectivity index (χ0v) is 7.69. The van der Waals surface area contributed by atoms with Gasteiger partial charge in [0, 0.05) is 6.42 Å². The molecule has 1 amide bonds. The van der Waals surface area contributed by atoms with Crippen LogP contribution in [0.3, 0.4) is 0 Å². The Labute approximate surface area is 81.1 Å². The molecule has 0 aliphatic carbocycles. The molecule has 1 saturated heterocycles. The number of rotatable bonds is 4. The summed E-state index contributed by atoms with van der Waals surface area (Å²) in [6, 6.07) is 0. The van der Waals surface area contributed by atoms with Crippen LogP contribution in [0.5, 0.6) is 0 Å². The summed E-state index contributed by atoms with van der Waals surface area (Å²) in [5.41, 5.74) is 0. The van der Waals surface area contributed by atoms with Gasteiger partial charge in [0.05, 0.1) is 6.54 Å². The van der Waals surface area contributed by atoms with Gasteiger partial charge in [0.25, 0.3) is 0 Å². The number of carbonyl (C=O) groups excluding carboxylic acids is 1. The Morgan fingerprint density at radius 2 is 2.57 bits per heavy atom. The van der Waals surface area contributed by atoms with E-state index in [1.165, 1.54) is 6.39 Å². The summed E-state index contributed by atoms with van der Waals surface area (Å²) in [6.45, 7) is 2.22. The summed E-state index contributed by atoms with van der Waals surface area (Å²) in [7, 11) is 0. The normalized spacial score (nSPS) is 16.3. The molecule has 2 heterocycles. The highest BCUT2D eigenvalue weighted by Gasteiger charge is 2.19. The minimum absolute atomic E-state index is 0.0429. The monoisotopic (exact) mass is 196 g/mol. The molecule has 14 heavy (non-hydrogen) atoms. The van der Waals surface area contributed by atoms with E-state index in [4.69, 9.17) is 0 Å². The number of nitrogens with zero attached hydrogens (tertiary/aromatic N) is 2. The molecule has 0 atom stereocenters. The third-order valence-electron chi connectivity index (χ3n) is 2.19. The van der Waals surface area contributed by atoms with Crippen LogP contribution in [-0.2, 0) is 11.3 Å². The lowest BCUT2D eigenvalue weighted by Crippen LogP contribution is -2.44. The highest BCUT2D eigenvalue weighted by atomic mass is 16.5. The van der Waals surface area contributed by atoms with Crippen LogP contribution in [0, 0.1) is 5.92 Å². The number of nitrogens with one attached hydrogen (secondary N) is 2. The number of hydrogen-bond acceptors (Lipinski definition) is 5. The summed E-state index contributed by atoms with van der Waals surface area (Å²) in [6.07, 6.45) is 1.82. The van der Waals surface area contributed by atoms with Crippen LogP contribution >= 0.6 is 0 Å². The summed E-state index contributed by atoms with van der Waals surface area (Å²) in [5, 5.41) is 9.44. The van der Waals surface area contributed by atoms with Gasteiger partial charge in [0.15, 0.2) is 5.82 Å². The second-order valence-corrected chi connectivity index (χ2v) is 3.35. The number of aromatic nitrogens is 2. The average Bonchev–Trinajstić information content (AvgIpc) is 2.60. The van der Waals surface area contributed by atoms with Crippen molar-refractivity contribution in [3.8, 4) is 0 Å². The van der Waals surface area contributed by atoms with Crippen molar-refractivity contribution in [2.75, 3.05) is 13.1 Å². The summed E-state index contributed by atoms with van der Waals surface area (Å²) in [5.74, 6) is 1.03. The first-order valence-corrected chi connectivity index (χ1v) is 4.57. The Morgan fingerprint density at radius 1 is 1.71 bits per heavy atom. The van der Waals surface area contributed by atoms with E-state index in [-0.39, 0.29) is 5.91 Å². The van der Waals surface area contributed by atoms with E-state index in [1.807, 2.05) is 0 Å². The molecule has 1 aliphatic rings. The SMILES string of the molecule is O=C(CC1CNC1)NCc1ncon1. The van der Waals surface area contributed by atoms with Gasteiger partial charge in [-0.1, -0.05) is 5.16 Å². The first-order chi connectivity index (χ1) is 6.84. The molecular weight excluding hydrogens is 184 g/mol. The molecule has 6 heteroatoms. The summed E-state index contributed by atoms with van der Waals surface area (Å²) in [4.78, 5) is 15.1. The summed E-state index contributed by atoms with van der Waals surface area (Å²) < 4.78 is 4.54. The number of carbonyl (C=O) groups is 1. The van der Waals surface area contributed by atoms with Gasteiger partial charge in [-0.15, -0.1) is 0 Å². The molecule has 1 aromatic heterocycles. The predicted octanol–water partition coefficient (Wildman–Crippen LogP) is -0.705. The zero-order chi connectivity index (χ0) is 9.80. The highest BCUT2D eigenvalue weighted by Crippen LogP contribution is 2.07. The van der Waals surface area contributed by atoms with E-state index in [2.05, 4.69) is 25.3 Å². The Morgan fingerprint density at radius 3 is 3.14 bits per heavy atom. The van der Waals surface area contributed by atoms with E-state index in [0.717, 1.165) is 13.1 Å². The largest absolute Gasteiger partial charge is 0.349 e. The van der Waals surface area contributed by atoms with Crippen molar-refractivity contribution in [1.82, 2.24) is 20.8 Å². The Bertz CT molecular complexity index is 294. The smallest absolute Gasteiger partial charge is 0.220 e. The molecule has 0 saturated carbocycles. The standard InChI is InChI=1S/C8H12N4O2/c13-8(1-6-2-9-3-6)10-4-7-11-5-14-12-7/h5-6,9H,1-4H2,(H,10,13). The quantitative estimate of drug-likeness (QED) is 0.665. The maximum absolute atomic E-state index is 11.3. The third kappa shape index (κ3) is 2.29. The van der Waals surface area contributed by atoms with Gasteiger partial charge >= 0.3 is 0 Å². The molecule has 0 spiro atoms. The molecule has 0 unspecified atom stereocenters. The molecular formula is C8H12N4O2. The second-order valence-electron chi connectivity index (χ2n) is 3.35. The molecule has 1 aromatic rings. The number of hydrogen-bond donors (Lipinski definition) is 2. The fourth-order valence-electron chi connectivity index (χ4n) is 1.28. The second kappa shape index (κ2) is 4.19. The van der Waals surface area contributed by atoms with E-state index in [0.29, 0.717) is 24.7 Å². The van der Waals surface area contributed by atoms with E-state index >= 15 is 0 Å². The Balaban J connectivity index is 1.67. The zero-order valence-electron chi connectivity index (χ0n) is 7.69. The first-order valence-electron chi connectivity index (χ1n) is 4.57. The topological polar surface area (TPSA) is 80.0 Å². The predicted molar refractivity (Wildman–Crippen MR) is 47.1 cm³/mol. The Hall–Kier alpha value is -1.43. The van der Waals surface area contributed by atoms with Crippen molar-refractivity contribution in [2.24, 2.45) is 5.92 Å². The fourth-order valence-corrected chi connectivity index (χ4v) is 1.28. The average molecular weight is 196 g/mol. The van der Waals surface area contributed by atoms with Gasteiger partial charge in [-0.3, -0.25) is 4.79 Å². The maximum atomic E-state index is 11.3. The van der Waals surface area contributed by atoms with Gasteiger partial charge in [-0.05, 0) is 19.0 Å². The van der Waals surface area contributed by atoms with E-state index in [1.54, 1.807) is 0 Å². The van der Waals surface area contributed by atoms with Gasteiger partial charge < -0.3 is 15.2 Å². The molecule has 0 bridgehead atoms. The molecule has 76 valence electrons. The van der Waals surface area contributed by atoms with Crippen molar-refractivity contribution < 1.29 is 9.32 Å².